The van der Waals surface area contributed by atoms with Crippen molar-refractivity contribution in [1.29, 1.82) is 0 Å². The molecule has 1 aliphatic rings. The van der Waals surface area contributed by atoms with Crippen LogP contribution in [0.15, 0.2) is 77.6 Å². The van der Waals surface area contributed by atoms with Gasteiger partial charge in [0, 0.05) is 0 Å². The first-order chi connectivity index (χ1) is 12.2. The van der Waals surface area contributed by atoms with Crippen molar-refractivity contribution in [2.45, 2.75) is 27.2 Å². The van der Waals surface area contributed by atoms with Crippen molar-refractivity contribution in [2.24, 2.45) is 5.10 Å². The molecule has 0 aromatic heterocycles. The highest BCUT2D eigenvalue weighted by Gasteiger charge is 2.23. The van der Waals surface area contributed by atoms with Crippen LogP contribution < -0.4 is 4.74 Å². The monoisotopic (exact) mass is 338 g/mol. The third-order valence-electron chi connectivity index (χ3n) is 3.41. The van der Waals surface area contributed by atoms with Crippen LogP contribution in [0, 0.1) is 0 Å². The number of methoxy groups -OCH3 is 1. The highest BCUT2D eigenvalue weighted by atomic mass is 16.5. The lowest BCUT2D eigenvalue weighted by atomic mass is 10.1. The zero-order valence-corrected chi connectivity index (χ0v) is 15.4. The number of nitrogens with zero attached hydrogens (tertiary/aromatic N) is 2. The first kappa shape index (κ1) is 20.2. The van der Waals surface area contributed by atoms with E-state index >= 15 is 0 Å². The molecule has 132 valence electrons. The van der Waals surface area contributed by atoms with Crippen LogP contribution in [-0.4, -0.2) is 24.2 Å². The summed E-state index contributed by atoms with van der Waals surface area (Å²) in [5.74, 6) is 0.693. The summed E-state index contributed by atoms with van der Waals surface area (Å²) in [6.45, 7) is 9.49. The van der Waals surface area contributed by atoms with Gasteiger partial charge in [0.25, 0.3) is 5.91 Å². The molecular weight excluding hydrogens is 312 g/mol. The van der Waals surface area contributed by atoms with Gasteiger partial charge >= 0.3 is 0 Å². The predicted octanol–water partition coefficient (Wildman–Crippen LogP) is 4.66. The van der Waals surface area contributed by atoms with Crippen LogP contribution in [0.3, 0.4) is 0 Å². The van der Waals surface area contributed by atoms with Gasteiger partial charge in [0.15, 0.2) is 0 Å². The van der Waals surface area contributed by atoms with Crippen molar-refractivity contribution in [1.82, 2.24) is 5.01 Å². The standard InChI is InChI=1S/C19H20N2O2.C2H6/c1-4-6-7-17(5-2)21-19(22)16(14-20-21)11-8-15-9-12-18(23-3)13-10-15;1-2/h4-7,9-14H,1,8H2,2-3H3;1-2H3/b7-6-,16-11+,17-5+;. The Morgan fingerprint density at radius 2 is 1.96 bits per heavy atom. The fraction of sp³-hybridized carbons (Fsp3) is 0.238. The highest BCUT2D eigenvalue weighted by Crippen LogP contribution is 2.18. The summed E-state index contributed by atoms with van der Waals surface area (Å²) in [4.78, 5) is 12.4. The first-order valence-corrected chi connectivity index (χ1v) is 8.36. The Bertz CT molecular complexity index is 695. The second-order valence-electron chi connectivity index (χ2n) is 4.88. The molecule has 0 spiro atoms. The molecule has 4 heteroatoms. The van der Waals surface area contributed by atoms with Crippen LogP contribution in [0.4, 0.5) is 0 Å². The van der Waals surface area contributed by atoms with Crippen molar-refractivity contribution < 1.29 is 9.53 Å². The smallest absolute Gasteiger partial charge is 0.280 e. The molecule has 0 saturated carbocycles. The second kappa shape index (κ2) is 10.8. The molecule has 1 aromatic carbocycles. The van der Waals surface area contributed by atoms with E-state index < -0.39 is 0 Å². The summed E-state index contributed by atoms with van der Waals surface area (Å²) in [5.41, 5.74) is 2.42. The van der Waals surface area contributed by atoms with Gasteiger partial charge in [-0.05, 0) is 37.1 Å². The lowest BCUT2D eigenvalue weighted by Crippen LogP contribution is -2.20. The van der Waals surface area contributed by atoms with Crippen molar-refractivity contribution in [3.63, 3.8) is 0 Å². The summed E-state index contributed by atoms with van der Waals surface area (Å²) in [7, 11) is 1.64. The number of benzene rings is 1. The minimum absolute atomic E-state index is 0.125. The van der Waals surface area contributed by atoms with Crippen LogP contribution in [0.25, 0.3) is 0 Å². The van der Waals surface area contributed by atoms with Crippen molar-refractivity contribution >= 4 is 12.1 Å². The van der Waals surface area contributed by atoms with Gasteiger partial charge in [0.1, 0.15) is 5.75 Å². The molecule has 1 aromatic rings. The Morgan fingerprint density at radius 3 is 2.52 bits per heavy atom. The number of rotatable bonds is 6. The predicted molar refractivity (Wildman–Crippen MR) is 105 cm³/mol. The maximum Gasteiger partial charge on any atom is 0.280 e. The number of hydrogen-bond donors (Lipinski definition) is 0. The van der Waals surface area contributed by atoms with E-state index in [1.165, 1.54) is 5.01 Å². The molecule has 0 saturated heterocycles. The molecule has 0 radical (unpaired) electrons. The molecule has 0 bridgehead atoms. The van der Waals surface area contributed by atoms with E-state index in [0.29, 0.717) is 12.0 Å². The van der Waals surface area contributed by atoms with E-state index in [1.807, 2.05) is 57.2 Å². The molecule has 2 rings (SSSR count). The fourth-order valence-electron chi connectivity index (χ4n) is 2.12. The van der Waals surface area contributed by atoms with Gasteiger partial charge in [-0.25, -0.2) is 0 Å². The number of carbonyl (C=O) groups is 1. The van der Waals surface area contributed by atoms with E-state index in [1.54, 1.807) is 31.6 Å². The molecule has 1 aliphatic heterocycles. The summed E-state index contributed by atoms with van der Waals surface area (Å²) in [6, 6.07) is 7.77. The Balaban J connectivity index is 0.00000151. The molecular formula is C21H26N2O2. The Morgan fingerprint density at radius 1 is 1.28 bits per heavy atom. The molecule has 4 nitrogen and oxygen atoms in total. The molecule has 0 N–H and O–H groups in total. The van der Waals surface area contributed by atoms with Crippen LogP contribution >= 0.6 is 0 Å². The molecule has 0 unspecified atom stereocenters. The molecule has 1 amide bonds. The zero-order valence-electron chi connectivity index (χ0n) is 15.4. The maximum atomic E-state index is 12.4. The van der Waals surface area contributed by atoms with E-state index in [9.17, 15) is 4.79 Å². The van der Waals surface area contributed by atoms with Crippen LogP contribution in [0.2, 0.25) is 0 Å². The Kier molecular flexibility index (Phi) is 8.72. The van der Waals surface area contributed by atoms with Gasteiger partial charge in [-0.3, -0.25) is 4.79 Å². The topological polar surface area (TPSA) is 41.9 Å². The maximum absolute atomic E-state index is 12.4. The van der Waals surface area contributed by atoms with Crippen LogP contribution in [0.1, 0.15) is 26.3 Å². The third-order valence-corrected chi connectivity index (χ3v) is 3.41. The van der Waals surface area contributed by atoms with E-state index in [0.717, 1.165) is 17.0 Å². The molecule has 0 atom stereocenters. The minimum Gasteiger partial charge on any atom is -0.497 e. The summed E-state index contributed by atoms with van der Waals surface area (Å²) in [5, 5.41) is 5.57. The average Bonchev–Trinajstić information content (AvgIpc) is 3.03. The molecule has 25 heavy (non-hydrogen) atoms. The van der Waals surface area contributed by atoms with Gasteiger partial charge in [-0.2, -0.15) is 10.1 Å². The fourth-order valence-corrected chi connectivity index (χ4v) is 2.12. The number of allylic oxidation sites excluding steroid dienone is 5. The lowest BCUT2D eigenvalue weighted by Gasteiger charge is -2.12. The van der Waals surface area contributed by atoms with Crippen molar-refractivity contribution in [3.05, 3.63) is 78.1 Å². The van der Waals surface area contributed by atoms with E-state index in [-0.39, 0.29) is 5.91 Å². The second-order valence-corrected chi connectivity index (χ2v) is 4.88. The molecule has 0 aliphatic carbocycles. The quantitative estimate of drug-likeness (QED) is 0.559. The SMILES string of the molecule is C=C/C=C\C(=C/C)N1N=C/C(=C\Cc2ccc(OC)cc2)C1=O.CC. The van der Waals surface area contributed by atoms with E-state index in [4.69, 9.17) is 4.74 Å². The Labute approximate surface area is 150 Å². The van der Waals surface area contributed by atoms with Gasteiger partial charge in [0.2, 0.25) is 0 Å². The van der Waals surface area contributed by atoms with Gasteiger partial charge in [0.05, 0.1) is 24.6 Å². The first-order valence-electron chi connectivity index (χ1n) is 8.36. The Hall–Kier alpha value is -2.88. The highest BCUT2D eigenvalue weighted by molar-refractivity contribution is 6.16. The largest absolute Gasteiger partial charge is 0.497 e. The minimum atomic E-state index is -0.125. The number of ether oxygens (including phenoxy) is 1. The number of amides is 1. The zero-order chi connectivity index (χ0) is 18.7. The number of carbonyl (C=O) groups excluding carboxylic acids is 1. The normalized spacial score (nSPS) is 15.5. The summed E-state index contributed by atoms with van der Waals surface area (Å²) >= 11 is 0. The van der Waals surface area contributed by atoms with Gasteiger partial charge in [-0.1, -0.05) is 56.9 Å². The van der Waals surface area contributed by atoms with Crippen molar-refractivity contribution in [3.8, 4) is 5.75 Å². The summed E-state index contributed by atoms with van der Waals surface area (Å²) < 4.78 is 5.13. The number of hydrogen-bond acceptors (Lipinski definition) is 3. The van der Waals surface area contributed by atoms with Gasteiger partial charge < -0.3 is 4.74 Å². The average molecular weight is 338 g/mol. The molecule has 0 fully saturated rings. The lowest BCUT2D eigenvalue weighted by molar-refractivity contribution is -0.123. The van der Waals surface area contributed by atoms with Gasteiger partial charge in [-0.15, -0.1) is 0 Å². The van der Waals surface area contributed by atoms with E-state index in [2.05, 4.69) is 11.7 Å². The number of hydrazone groups is 1. The molecule has 1 heterocycles. The van der Waals surface area contributed by atoms with Crippen molar-refractivity contribution in [2.75, 3.05) is 7.11 Å². The van der Waals surface area contributed by atoms with Crippen LogP contribution in [0.5, 0.6) is 5.75 Å². The van der Waals surface area contributed by atoms with Crippen LogP contribution in [-0.2, 0) is 11.2 Å². The third kappa shape index (κ3) is 5.60. The summed E-state index contributed by atoms with van der Waals surface area (Å²) in [6.07, 6.45) is 11.2.